The van der Waals surface area contributed by atoms with Crippen molar-refractivity contribution in [1.29, 1.82) is 0 Å². The summed E-state index contributed by atoms with van der Waals surface area (Å²) in [4.78, 5) is 0. The Hall–Kier alpha value is 2.40. The van der Waals surface area contributed by atoms with Crippen molar-refractivity contribution in [3.05, 3.63) is 0 Å². The van der Waals surface area contributed by atoms with Crippen molar-refractivity contribution < 1.29 is 122 Å². The van der Waals surface area contributed by atoms with Gasteiger partial charge in [0.05, 0.1) is 0 Å². The minimum absolute atomic E-state index is 0. The first kappa shape index (κ1) is 24.6. The summed E-state index contributed by atoms with van der Waals surface area (Å²) in [6.45, 7) is 0. The number of rotatable bonds is 0. The van der Waals surface area contributed by atoms with E-state index in [2.05, 4.69) is 0 Å². The summed E-state index contributed by atoms with van der Waals surface area (Å²) < 4.78 is 76.7. The third kappa shape index (κ3) is 383. The second-order valence-electron chi connectivity index (χ2n) is 0.567. The predicted molar refractivity (Wildman–Crippen MR) is 0 cm³/mol. The molecule has 0 N–H and O–H groups in total. The van der Waals surface area contributed by atoms with Gasteiger partial charge >= 0.3 is 39.9 Å². The molecular weight excluding hydrogens is 541 g/mol. The van der Waals surface area contributed by atoms with Gasteiger partial charge in [-0.3, -0.25) is 0 Å². The van der Waals surface area contributed by atoms with Crippen LogP contribution in [0.3, 0.4) is 0 Å². The fourth-order valence-corrected chi connectivity index (χ4v) is 0. The molecule has 0 spiro atoms. The molecule has 0 saturated carbocycles. The van der Waals surface area contributed by atoms with Gasteiger partial charge in [0.25, 0.3) is 0 Å². The third-order valence-electron chi connectivity index (χ3n) is 0. The molecule has 0 rings (SSSR count). The van der Waals surface area contributed by atoms with Crippen molar-refractivity contribution in [1.82, 2.24) is 0 Å². The zero-order chi connectivity index (χ0) is 10.7. The summed E-state index contributed by atoms with van der Waals surface area (Å²) in [5.74, 6) is 0. The summed E-state index contributed by atoms with van der Waals surface area (Å²) in [5, 5.41) is 0. The average Bonchev–Trinajstić information content (AvgIpc) is 1.54. The second kappa shape index (κ2) is 19.9. The molecule has 13 heavy (non-hydrogen) atoms. The fourth-order valence-electron chi connectivity index (χ4n) is 0. The Morgan fingerprint density at radius 3 is 0.385 bits per heavy atom. The van der Waals surface area contributed by atoms with Crippen LogP contribution >= 0.6 is 0 Å². The smallest absolute Gasteiger partial charge is 0.405 e. The van der Waals surface area contributed by atoms with Crippen LogP contribution in [0.5, 0.6) is 0 Å². The van der Waals surface area contributed by atoms with Crippen LogP contribution in [-0.4, -0.2) is 0 Å². The van der Waals surface area contributed by atoms with Crippen LogP contribution in [0.1, 0.15) is 0 Å². The molecule has 0 aliphatic rings. The van der Waals surface area contributed by atoms with Crippen molar-refractivity contribution in [3.63, 3.8) is 0 Å². The zero-order valence-electron chi connectivity index (χ0n) is 5.16. The Morgan fingerprint density at radius 1 is 0.385 bits per heavy atom. The van der Waals surface area contributed by atoms with Crippen molar-refractivity contribution in [2.24, 2.45) is 0 Å². The first-order valence-electron chi connectivity index (χ1n) is 1.39. The standard InChI is InChI=1S/3BrO3.Gd/c3*2-1(3)4;/q3*-1;+3. The van der Waals surface area contributed by atoms with Crippen molar-refractivity contribution in [2.75, 3.05) is 0 Å². The number of hydrogen-bond donors (Lipinski definition) is 0. The molecule has 13 heteroatoms. The molecule has 0 bridgehead atoms. The topological polar surface area (TPSA) is 208 Å². The molecule has 0 aromatic carbocycles. The maximum absolute atomic E-state index is 8.52. The normalized spacial score (nSPS) is 8.31. The van der Waals surface area contributed by atoms with Gasteiger partial charge in [-0.05, 0) is 0 Å². The van der Waals surface area contributed by atoms with Gasteiger partial charge in [0.2, 0.25) is 44.4 Å². The van der Waals surface area contributed by atoms with E-state index in [4.69, 9.17) is 37.8 Å². The molecule has 0 aromatic rings. The van der Waals surface area contributed by atoms with E-state index >= 15 is 0 Å². The molecular formula is Br3GdO9. The van der Waals surface area contributed by atoms with E-state index in [0.29, 0.717) is 0 Å². The van der Waals surface area contributed by atoms with E-state index in [1.807, 2.05) is 0 Å². The number of hydrogen-bond acceptors (Lipinski definition) is 9. The van der Waals surface area contributed by atoms with E-state index in [0.717, 1.165) is 0 Å². The van der Waals surface area contributed by atoms with Crippen LogP contribution in [-0.2, 0) is 0 Å². The Balaban J connectivity index is -0.0000000450. The van der Waals surface area contributed by atoms with Crippen LogP contribution in [0.2, 0.25) is 0 Å². The predicted octanol–water partition coefficient (Wildman–Crippen LogP) is -10.7. The van der Waals surface area contributed by atoms with E-state index < -0.39 is 44.4 Å². The Morgan fingerprint density at radius 2 is 0.385 bits per heavy atom. The van der Waals surface area contributed by atoms with Gasteiger partial charge in [-0.25, -0.2) is 0 Å². The zero-order valence-corrected chi connectivity index (χ0v) is 12.2. The van der Waals surface area contributed by atoms with Crippen molar-refractivity contribution >= 4 is 0 Å². The van der Waals surface area contributed by atoms with Gasteiger partial charge in [-0.1, -0.05) is 0 Å². The Bertz CT molecular complexity index is 43.4. The molecule has 0 aliphatic heterocycles. The maximum atomic E-state index is 8.52. The van der Waals surface area contributed by atoms with Crippen molar-refractivity contribution in [2.45, 2.75) is 0 Å². The quantitative estimate of drug-likeness (QED) is 0.285. The van der Waals surface area contributed by atoms with Crippen LogP contribution in [0.25, 0.3) is 0 Å². The third-order valence-corrected chi connectivity index (χ3v) is 0. The summed E-state index contributed by atoms with van der Waals surface area (Å²) in [6, 6.07) is 0. The summed E-state index contributed by atoms with van der Waals surface area (Å²) >= 11 is -10.9. The SMILES string of the molecule is [Gd+3].[O-][Br+2]([O-])[O-].[O-][Br+2]([O-])[O-].[O-][Br+2]([O-])[O-]. The van der Waals surface area contributed by atoms with Gasteiger partial charge in [-0.15, -0.1) is 0 Å². The average molecular weight is 541 g/mol. The summed E-state index contributed by atoms with van der Waals surface area (Å²) in [7, 11) is 0. The van der Waals surface area contributed by atoms with Gasteiger partial charge in [-0.2, -0.15) is 0 Å². The Labute approximate surface area is 120 Å². The fraction of sp³-hybridized carbons (Fsp3) is 0. The van der Waals surface area contributed by atoms with Crippen molar-refractivity contribution in [3.8, 4) is 0 Å². The van der Waals surface area contributed by atoms with Gasteiger partial charge in [0.1, 0.15) is 0 Å². The Kier molecular flexibility index (Phi) is 37.6. The first-order chi connectivity index (χ1) is 5.20. The molecule has 0 aliphatic carbocycles. The number of halogens is 3. The minimum atomic E-state index is -3.65. The largest absolute Gasteiger partial charge is 3.00 e. The van der Waals surface area contributed by atoms with Crippen LogP contribution in [0.15, 0.2) is 0 Å². The molecule has 0 fully saturated rings. The molecule has 0 aromatic heterocycles. The van der Waals surface area contributed by atoms with E-state index in [1.54, 1.807) is 0 Å². The molecule has 9 nitrogen and oxygen atoms in total. The second-order valence-corrected chi connectivity index (χ2v) is 2.95. The van der Waals surface area contributed by atoms with Crippen LogP contribution < -0.4 is 37.8 Å². The van der Waals surface area contributed by atoms with Crippen LogP contribution in [0.4, 0.5) is 0 Å². The molecule has 1 radical (unpaired) electrons. The molecule has 0 unspecified atom stereocenters. The molecule has 0 heterocycles. The maximum Gasteiger partial charge on any atom is 3.00 e. The molecule has 83 valence electrons. The molecule has 0 atom stereocenters. The first-order valence-corrected chi connectivity index (χ1v) is 7.22. The van der Waals surface area contributed by atoms with E-state index in [9.17, 15) is 0 Å². The van der Waals surface area contributed by atoms with E-state index in [-0.39, 0.29) is 39.9 Å². The minimum Gasteiger partial charge on any atom is -0.405 e. The summed E-state index contributed by atoms with van der Waals surface area (Å²) in [6.07, 6.45) is 0. The molecule has 0 amide bonds. The van der Waals surface area contributed by atoms with Crippen LogP contribution in [0, 0.1) is 84.4 Å². The van der Waals surface area contributed by atoms with Gasteiger partial charge in [0.15, 0.2) is 0 Å². The monoisotopic (exact) mass is 539 g/mol. The molecule has 0 saturated heterocycles. The van der Waals surface area contributed by atoms with Gasteiger partial charge in [0, 0.05) is 0 Å². The van der Waals surface area contributed by atoms with E-state index in [1.165, 1.54) is 0 Å². The van der Waals surface area contributed by atoms with Gasteiger partial charge < -0.3 is 37.8 Å². The summed E-state index contributed by atoms with van der Waals surface area (Å²) in [5.41, 5.74) is 0.